The van der Waals surface area contributed by atoms with Crippen molar-refractivity contribution in [1.29, 1.82) is 0 Å². The lowest BCUT2D eigenvalue weighted by Gasteiger charge is -2.27. The molecule has 2 fully saturated rings. The van der Waals surface area contributed by atoms with Gasteiger partial charge < -0.3 is 5.32 Å². The highest BCUT2D eigenvalue weighted by molar-refractivity contribution is 4.92. The van der Waals surface area contributed by atoms with Crippen molar-refractivity contribution in [2.24, 2.45) is 13.0 Å². The molecule has 1 N–H and O–H groups in total. The fourth-order valence-electron chi connectivity index (χ4n) is 2.76. The van der Waals surface area contributed by atoms with Crippen molar-refractivity contribution in [1.82, 2.24) is 30.4 Å². The van der Waals surface area contributed by atoms with Crippen LogP contribution in [0.1, 0.15) is 32.0 Å². The Morgan fingerprint density at radius 1 is 1.33 bits per heavy atom. The van der Waals surface area contributed by atoms with Gasteiger partial charge in [0.15, 0.2) is 5.82 Å². The van der Waals surface area contributed by atoms with E-state index in [0.29, 0.717) is 12.1 Å². The molecule has 0 spiro atoms. The second-order valence-electron chi connectivity index (χ2n) is 5.66. The van der Waals surface area contributed by atoms with Gasteiger partial charge in [-0.15, -0.1) is 10.2 Å². The Morgan fingerprint density at radius 2 is 2.17 bits per heavy atom. The van der Waals surface area contributed by atoms with Crippen molar-refractivity contribution in [3.63, 3.8) is 0 Å². The molecule has 0 radical (unpaired) electrons. The summed E-state index contributed by atoms with van der Waals surface area (Å²) in [6.45, 7) is 5.37. The molecule has 1 saturated heterocycles. The SMILES string of the molecule is CC1CCNC(C2CC2)CN1Cc1nnn(C)n1. The minimum Gasteiger partial charge on any atom is -0.312 e. The summed E-state index contributed by atoms with van der Waals surface area (Å²) in [7, 11) is 1.82. The minimum absolute atomic E-state index is 0.588. The first-order chi connectivity index (χ1) is 8.72. The average Bonchev–Trinajstić information content (AvgIpc) is 3.11. The van der Waals surface area contributed by atoms with E-state index in [1.807, 2.05) is 7.05 Å². The maximum absolute atomic E-state index is 4.29. The van der Waals surface area contributed by atoms with E-state index in [0.717, 1.165) is 31.4 Å². The van der Waals surface area contributed by atoms with E-state index in [4.69, 9.17) is 0 Å². The molecule has 1 aromatic heterocycles. The van der Waals surface area contributed by atoms with Gasteiger partial charge in [-0.05, 0) is 43.9 Å². The van der Waals surface area contributed by atoms with Crippen LogP contribution in [0.25, 0.3) is 0 Å². The van der Waals surface area contributed by atoms with Crippen LogP contribution < -0.4 is 5.32 Å². The first-order valence-corrected chi connectivity index (χ1v) is 6.92. The van der Waals surface area contributed by atoms with Gasteiger partial charge in [0, 0.05) is 18.6 Å². The zero-order valence-corrected chi connectivity index (χ0v) is 11.2. The number of aromatic nitrogens is 4. The van der Waals surface area contributed by atoms with Gasteiger partial charge >= 0.3 is 0 Å². The van der Waals surface area contributed by atoms with Crippen molar-refractivity contribution in [3.8, 4) is 0 Å². The molecule has 18 heavy (non-hydrogen) atoms. The van der Waals surface area contributed by atoms with Crippen molar-refractivity contribution < 1.29 is 0 Å². The summed E-state index contributed by atoms with van der Waals surface area (Å²) in [5.74, 6) is 1.73. The van der Waals surface area contributed by atoms with Gasteiger partial charge in [0.25, 0.3) is 0 Å². The van der Waals surface area contributed by atoms with E-state index in [1.54, 1.807) is 0 Å². The van der Waals surface area contributed by atoms with Gasteiger partial charge in [0.2, 0.25) is 0 Å². The molecule has 2 atom stereocenters. The summed E-state index contributed by atoms with van der Waals surface area (Å²) >= 11 is 0. The lowest BCUT2D eigenvalue weighted by Crippen LogP contribution is -2.41. The van der Waals surface area contributed by atoms with Gasteiger partial charge in [-0.3, -0.25) is 4.90 Å². The summed E-state index contributed by atoms with van der Waals surface area (Å²) < 4.78 is 0. The van der Waals surface area contributed by atoms with E-state index in [1.165, 1.54) is 24.1 Å². The number of nitrogens with one attached hydrogen (secondary N) is 1. The first kappa shape index (κ1) is 12.0. The fraction of sp³-hybridized carbons (Fsp3) is 0.917. The van der Waals surface area contributed by atoms with E-state index >= 15 is 0 Å². The number of aryl methyl sites for hydroxylation is 1. The summed E-state index contributed by atoms with van der Waals surface area (Å²) in [6.07, 6.45) is 3.98. The standard InChI is InChI=1S/C12H22N6/c1-9-5-6-13-11(10-3-4-10)7-18(9)8-12-14-16-17(2)15-12/h9-11,13H,3-8H2,1-2H3. The largest absolute Gasteiger partial charge is 0.312 e. The van der Waals surface area contributed by atoms with E-state index in [9.17, 15) is 0 Å². The molecule has 1 aromatic rings. The Hall–Kier alpha value is -1.01. The average molecular weight is 250 g/mol. The first-order valence-electron chi connectivity index (χ1n) is 6.92. The van der Waals surface area contributed by atoms with Gasteiger partial charge in [-0.1, -0.05) is 0 Å². The molecule has 0 amide bonds. The zero-order valence-electron chi connectivity index (χ0n) is 11.2. The van der Waals surface area contributed by atoms with Crippen LogP contribution in [-0.2, 0) is 13.6 Å². The Bertz CT molecular complexity index is 399. The molecule has 6 heteroatoms. The molecule has 6 nitrogen and oxygen atoms in total. The van der Waals surface area contributed by atoms with Crippen LogP contribution in [0, 0.1) is 5.92 Å². The molecule has 2 heterocycles. The number of tetrazole rings is 1. The normalized spacial score (nSPS) is 30.3. The van der Waals surface area contributed by atoms with Crippen LogP contribution in [0.15, 0.2) is 0 Å². The molecule has 0 bridgehead atoms. The summed E-state index contributed by atoms with van der Waals surface area (Å²) in [5, 5.41) is 16.0. The lowest BCUT2D eigenvalue weighted by atomic mass is 10.1. The Morgan fingerprint density at radius 3 is 2.83 bits per heavy atom. The monoisotopic (exact) mass is 250 g/mol. The van der Waals surface area contributed by atoms with Gasteiger partial charge in [0.1, 0.15) is 0 Å². The van der Waals surface area contributed by atoms with Crippen molar-refractivity contribution in [2.75, 3.05) is 13.1 Å². The van der Waals surface area contributed by atoms with Crippen LogP contribution in [0.5, 0.6) is 0 Å². The summed E-state index contributed by atoms with van der Waals surface area (Å²) in [6, 6.07) is 1.25. The smallest absolute Gasteiger partial charge is 0.188 e. The lowest BCUT2D eigenvalue weighted by molar-refractivity contribution is 0.186. The predicted molar refractivity (Wildman–Crippen MR) is 67.8 cm³/mol. The number of hydrogen-bond acceptors (Lipinski definition) is 5. The topological polar surface area (TPSA) is 58.9 Å². The maximum atomic E-state index is 4.29. The summed E-state index contributed by atoms with van der Waals surface area (Å²) in [5.41, 5.74) is 0. The highest BCUT2D eigenvalue weighted by Crippen LogP contribution is 2.34. The molecule has 1 saturated carbocycles. The van der Waals surface area contributed by atoms with Crippen LogP contribution in [-0.4, -0.2) is 50.3 Å². The van der Waals surface area contributed by atoms with Gasteiger partial charge in [-0.2, -0.15) is 4.80 Å². The van der Waals surface area contributed by atoms with Crippen molar-refractivity contribution in [3.05, 3.63) is 5.82 Å². The molecular formula is C12H22N6. The predicted octanol–water partition coefficient (Wildman–Crippen LogP) is 0.173. The third kappa shape index (κ3) is 2.70. The van der Waals surface area contributed by atoms with Crippen LogP contribution >= 0.6 is 0 Å². The molecule has 100 valence electrons. The van der Waals surface area contributed by atoms with Gasteiger partial charge in [-0.25, -0.2) is 0 Å². The molecule has 2 unspecified atom stereocenters. The van der Waals surface area contributed by atoms with Crippen LogP contribution in [0.2, 0.25) is 0 Å². The number of nitrogens with zero attached hydrogens (tertiary/aromatic N) is 5. The third-order valence-electron chi connectivity index (χ3n) is 4.11. The van der Waals surface area contributed by atoms with E-state index in [2.05, 4.69) is 32.6 Å². The second-order valence-corrected chi connectivity index (χ2v) is 5.66. The summed E-state index contributed by atoms with van der Waals surface area (Å²) in [4.78, 5) is 4.04. The Kier molecular flexibility index (Phi) is 3.30. The van der Waals surface area contributed by atoms with Crippen LogP contribution in [0.4, 0.5) is 0 Å². The molecule has 0 aromatic carbocycles. The van der Waals surface area contributed by atoms with Crippen molar-refractivity contribution >= 4 is 0 Å². The molecule has 2 aliphatic rings. The van der Waals surface area contributed by atoms with Crippen molar-refractivity contribution in [2.45, 2.75) is 44.8 Å². The third-order valence-corrected chi connectivity index (χ3v) is 4.11. The van der Waals surface area contributed by atoms with Crippen LogP contribution in [0.3, 0.4) is 0 Å². The highest BCUT2D eigenvalue weighted by atomic mass is 15.6. The highest BCUT2D eigenvalue weighted by Gasteiger charge is 2.34. The Balaban J connectivity index is 1.66. The van der Waals surface area contributed by atoms with E-state index in [-0.39, 0.29) is 0 Å². The molecule has 3 rings (SSSR count). The zero-order chi connectivity index (χ0) is 12.5. The molecular weight excluding hydrogens is 228 g/mol. The number of hydrogen-bond donors (Lipinski definition) is 1. The second kappa shape index (κ2) is 4.93. The maximum Gasteiger partial charge on any atom is 0.188 e. The minimum atomic E-state index is 0.588. The molecule has 1 aliphatic heterocycles. The number of rotatable bonds is 3. The van der Waals surface area contributed by atoms with E-state index < -0.39 is 0 Å². The molecule has 1 aliphatic carbocycles. The Labute approximate surface area is 108 Å². The fourth-order valence-corrected chi connectivity index (χ4v) is 2.76. The van der Waals surface area contributed by atoms with Gasteiger partial charge in [0.05, 0.1) is 13.6 Å². The quantitative estimate of drug-likeness (QED) is 0.829.